The molecule has 0 atom stereocenters. The van der Waals surface area contributed by atoms with E-state index in [1.165, 1.54) is 11.1 Å². The van der Waals surface area contributed by atoms with Crippen LogP contribution in [0.5, 0.6) is 0 Å². The van der Waals surface area contributed by atoms with Gasteiger partial charge in [-0.15, -0.1) is 0 Å². The molecule has 0 saturated heterocycles. The van der Waals surface area contributed by atoms with Gasteiger partial charge in [0.05, 0.1) is 16.9 Å². The molecule has 0 spiro atoms. The molecule has 2 rings (SSSR count). The van der Waals surface area contributed by atoms with Gasteiger partial charge in [-0.3, -0.25) is 5.10 Å². The molecule has 0 aliphatic carbocycles. The smallest absolute Gasteiger partial charge is 0.0862 e. The Hall–Kier alpha value is -1.28. The number of benzene rings is 1. The van der Waals surface area contributed by atoms with E-state index in [4.69, 9.17) is 11.6 Å². The lowest BCUT2D eigenvalue weighted by molar-refractivity contribution is 1.09. The number of halogens is 1. The van der Waals surface area contributed by atoms with Crippen LogP contribution in [0.1, 0.15) is 11.1 Å². The van der Waals surface area contributed by atoms with Crippen LogP contribution in [0.2, 0.25) is 5.02 Å². The Morgan fingerprint density at radius 1 is 1.21 bits per heavy atom. The summed E-state index contributed by atoms with van der Waals surface area (Å²) in [7, 11) is 0. The Kier molecular flexibility index (Phi) is 2.30. The van der Waals surface area contributed by atoms with Crippen molar-refractivity contribution in [1.29, 1.82) is 0 Å². The van der Waals surface area contributed by atoms with Crippen LogP contribution in [0.4, 0.5) is 0 Å². The molecule has 0 aliphatic rings. The summed E-state index contributed by atoms with van der Waals surface area (Å²) >= 11 is 5.97. The maximum Gasteiger partial charge on any atom is 0.0862 e. The van der Waals surface area contributed by atoms with Crippen molar-refractivity contribution < 1.29 is 0 Å². The van der Waals surface area contributed by atoms with Gasteiger partial charge in [-0.2, -0.15) is 5.10 Å². The number of hydrogen-bond donors (Lipinski definition) is 1. The predicted octanol–water partition coefficient (Wildman–Crippen LogP) is 3.35. The van der Waals surface area contributed by atoms with E-state index >= 15 is 0 Å². The highest BCUT2D eigenvalue weighted by molar-refractivity contribution is 6.32. The van der Waals surface area contributed by atoms with Crippen LogP contribution >= 0.6 is 11.6 Å². The zero-order valence-electron chi connectivity index (χ0n) is 8.13. The van der Waals surface area contributed by atoms with E-state index < -0.39 is 0 Å². The minimum absolute atomic E-state index is 0.660. The van der Waals surface area contributed by atoms with E-state index in [0.717, 1.165) is 11.3 Å². The molecule has 0 radical (unpaired) electrons. The minimum atomic E-state index is 0.660. The molecule has 1 N–H and O–H groups in total. The average molecular weight is 207 g/mol. The SMILES string of the molecule is Cc1ccc(-c2[nH]ncc2Cl)cc1C. The van der Waals surface area contributed by atoms with Crippen LogP contribution in [0.15, 0.2) is 24.4 Å². The van der Waals surface area contributed by atoms with Gasteiger partial charge in [-0.25, -0.2) is 0 Å². The van der Waals surface area contributed by atoms with Crippen molar-refractivity contribution in [2.45, 2.75) is 13.8 Å². The number of H-pyrrole nitrogens is 1. The van der Waals surface area contributed by atoms with Crippen molar-refractivity contribution in [1.82, 2.24) is 10.2 Å². The molecule has 1 heterocycles. The standard InChI is InChI=1S/C11H11ClN2/c1-7-3-4-9(5-8(7)2)11-10(12)6-13-14-11/h3-6H,1-2H3,(H,13,14). The average Bonchev–Trinajstić information content (AvgIpc) is 2.57. The third-order valence-corrected chi connectivity index (χ3v) is 2.68. The summed E-state index contributed by atoms with van der Waals surface area (Å²) < 4.78 is 0. The summed E-state index contributed by atoms with van der Waals surface area (Å²) in [5.74, 6) is 0. The molecule has 2 aromatic rings. The lowest BCUT2D eigenvalue weighted by Gasteiger charge is -2.03. The van der Waals surface area contributed by atoms with E-state index in [1.54, 1.807) is 6.20 Å². The Balaban J connectivity index is 2.53. The van der Waals surface area contributed by atoms with Crippen LogP contribution in [-0.2, 0) is 0 Å². The highest BCUT2D eigenvalue weighted by Crippen LogP contribution is 2.26. The first-order valence-corrected chi connectivity index (χ1v) is 4.83. The van der Waals surface area contributed by atoms with Crippen LogP contribution in [-0.4, -0.2) is 10.2 Å². The number of aryl methyl sites for hydroxylation is 2. The van der Waals surface area contributed by atoms with Gasteiger partial charge in [-0.1, -0.05) is 23.7 Å². The van der Waals surface area contributed by atoms with E-state index in [2.05, 4.69) is 36.2 Å². The van der Waals surface area contributed by atoms with Gasteiger partial charge in [0, 0.05) is 5.56 Å². The molecule has 0 amide bonds. The number of aromatic nitrogens is 2. The molecule has 14 heavy (non-hydrogen) atoms. The quantitative estimate of drug-likeness (QED) is 0.762. The van der Waals surface area contributed by atoms with Crippen molar-refractivity contribution in [2.75, 3.05) is 0 Å². The molecule has 1 aromatic carbocycles. The number of hydrogen-bond acceptors (Lipinski definition) is 1. The summed E-state index contributed by atoms with van der Waals surface area (Å²) in [6.45, 7) is 4.18. The van der Waals surface area contributed by atoms with Gasteiger partial charge in [0.15, 0.2) is 0 Å². The van der Waals surface area contributed by atoms with Crippen molar-refractivity contribution in [3.63, 3.8) is 0 Å². The molecule has 0 aliphatic heterocycles. The van der Waals surface area contributed by atoms with Crippen LogP contribution in [0.3, 0.4) is 0 Å². The number of nitrogens with one attached hydrogen (secondary N) is 1. The summed E-state index contributed by atoms with van der Waals surface area (Å²) in [5, 5.41) is 7.44. The fourth-order valence-corrected chi connectivity index (χ4v) is 1.57. The molecule has 0 fully saturated rings. The lowest BCUT2D eigenvalue weighted by atomic mass is 10.0. The molecule has 72 valence electrons. The second-order valence-electron chi connectivity index (χ2n) is 3.39. The molecule has 0 bridgehead atoms. The molecule has 2 nitrogen and oxygen atoms in total. The summed E-state index contributed by atoms with van der Waals surface area (Å²) in [5.41, 5.74) is 4.50. The maximum absolute atomic E-state index is 5.97. The predicted molar refractivity (Wildman–Crippen MR) is 58.5 cm³/mol. The van der Waals surface area contributed by atoms with Crippen molar-refractivity contribution in [2.24, 2.45) is 0 Å². The maximum atomic E-state index is 5.97. The van der Waals surface area contributed by atoms with Gasteiger partial charge in [0.25, 0.3) is 0 Å². The fraction of sp³-hybridized carbons (Fsp3) is 0.182. The molecular weight excluding hydrogens is 196 g/mol. The number of aromatic amines is 1. The molecule has 1 aromatic heterocycles. The summed E-state index contributed by atoms with van der Waals surface area (Å²) in [6.07, 6.45) is 1.62. The Bertz CT molecular complexity index is 460. The Labute approximate surface area is 87.9 Å². The third-order valence-electron chi connectivity index (χ3n) is 2.39. The molecule has 0 unspecified atom stereocenters. The summed E-state index contributed by atoms with van der Waals surface area (Å²) in [4.78, 5) is 0. The van der Waals surface area contributed by atoms with Crippen molar-refractivity contribution in [3.8, 4) is 11.3 Å². The zero-order chi connectivity index (χ0) is 10.1. The molecule has 3 heteroatoms. The highest BCUT2D eigenvalue weighted by Gasteiger charge is 2.05. The van der Waals surface area contributed by atoms with Crippen LogP contribution in [0.25, 0.3) is 11.3 Å². The van der Waals surface area contributed by atoms with Gasteiger partial charge in [0.2, 0.25) is 0 Å². The third kappa shape index (κ3) is 1.53. The second kappa shape index (κ2) is 3.46. The normalized spacial score (nSPS) is 10.5. The monoisotopic (exact) mass is 206 g/mol. The van der Waals surface area contributed by atoms with Gasteiger partial charge in [-0.05, 0) is 31.0 Å². The first kappa shape index (κ1) is 9.28. The first-order chi connectivity index (χ1) is 6.68. The van der Waals surface area contributed by atoms with Gasteiger partial charge >= 0.3 is 0 Å². The minimum Gasteiger partial charge on any atom is -0.276 e. The van der Waals surface area contributed by atoms with E-state index in [0.29, 0.717) is 5.02 Å². The van der Waals surface area contributed by atoms with E-state index in [9.17, 15) is 0 Å². The largest absolute Gasteiger partial charge is 0.276 e. The first-order valence-electron chi connectivity index (χ1n) is 4.45. The van der Waals surface area contributed by atoms with Crippen LogP contribution in [0, 0.1) is 13.8 Å². The van der Waals surface area contributed by atoms with E-state index in [1.807, 2.05) is 6.07 Å². The fourth-order valence-electron chi connectivity index (χ4n) is 1.37. The molecule has 0 saturated carbocycles. The topological polar surface area (TPSA) is 28.7 Å². The highest BCUT2D eigenvalue weighted by atomic mass is 35.5. The Morgan fingerprint density at radius 3 is 2.57 bits per heavy atom. The van der Waals surface area contributed by atoms with Gasteiger partial charge < -0.3 is 0 Å². The Morgan fingerprint density at radius 2 is 2.00 bits per heavy atom. The van der Waals surface area contributed by atoms with Gasteiger partial charge in [0.1, 0.15) is 0 Å². The van der Waals surface area contributed by atoms with Crippen LogP contribution < -0.4 is 0 Å². The van der Waals surface area contributed by atoms with Crippen molar-refractivity contribution in [3.05, 3.63) is 40.5 Å². The molecular formula is C11H11ClN2. The number of rotatable bonds is 1. The number of nitrogens with zero attached hydrogens (tertiary/aromatic N) is 1. The zero-order valence-corrected chi connectivity index (χ0v) is 8.89. The van der Waals surface area contributed by atoms with Crippen molar-refractivity contribution >= 4 is 11.6 Å². The second-order valence-corrected chi connectivity index (χ2v) is 3.80. The van der Waals surface area contributed by atoms with E-state index in [-0.39, 0.29) is 0 Å². The lowest BCUT2D eigenvalue weighted by Crippen LogP contribution is -1.84. The summed E-state index contributed by atoms with van der Waals surface area (Å²) in [6, 6.07) is 6.23.